The van der Waals surface area contributed by atoms with Gasteiger partial charge in [-0.1, -0.05) is 15.9 Å². The maximum Gasteiger partial charge on any atom is 0.119 e. The molecule has 4 heteroatoms. The van der Waals surface area contributed by atoms with E-state index in [2.05, 4.69) is 15.9 Å². The highest BCUT2D eigenvalue weighted by atomic mass is 79.9. The highest BCUT2D eigenvalue weighted by Gasteiger charge is 2.42. The molecule has 1 unspecified atom stereocenters. The molecule has 1 aliphatic carbocycles. The third-order valence-electron chi connectivity index (χ3n) is 3.44. The molecule has 0 bridgehead atoms. The number of hydrogen-bond acceptors (Lipinski definition) is 3. The highest BCUT2D eigenvalue weighted by molar-refractivity contribution is 9.10. The van der Waals surface area contributed by atoms with E-state index in [1.807, 2.05) is 18.2 Å². The second-order valence-electron chi connectivity index (χ2n) is 4.72. The molecule has 0 radical (unpaired) electrons. The summed E-state index contributed by atoms with van der Waals surface area (Å²) in [5, 5.41) is 10.5. The standard InChI is InChI=1S/C13H18BrNO2/c1-17-11-4-5-12(14)9(6-11)7-13(16,8-15)10-2-3-10/h4-6,10,16H,2-3,7-8,15H2,1H3. The van der Waals surface area contributed by atoms with Crippen LogP contribution in [0.5, 0.6) is 5.75 Å². The number of benzene rings is 1. The van der Waals surface area contributed by atoms with Crippen molar-refractivity contribution in [3.63, 3.8) is 0 Å². The summed E-state index contributed by atoms with van der Waals surface area (Å²) in [5.74, 6) is 1.16. The normalized spacial score (nSPS) is 18.8. The molecule has 0 saturated heterocycles. The van der Waals surface area contributed by atoms with Crippen molar-refractivity contribution in [1.29, 1.82) is 0 Å². The summed E-state index contributed by atoms with van der Waals surface area (Å²) in [7, 11) is 1.64. The summed E-state index contributed by atoms with van der Waals surface area (Å²) >= 11 is 3.50. The predicted octanol–water partition coefficient (Wildman–Crippen LogP) is 2.10. The maximum absolute atomic E-state index is 10.5. The van der Waals surface area contributed by atoms with E-state index in [1.54, 1.807) is 7.11 Å². The Kier molecular flexibility index (Phi) is 3.76. The molecular formula is C13H18BrNO2. The molecule has 3 N–H and O–H groups in total. The van der Waals surface area contributed by atoms with Crippen LogP contribution in [0.4, 0.5) is 0 Å². The Morgan fingerprint density at radius 3 is 2.76 bits per heavy atom. The van der Waals surface area contributed by atoms with E-state index in [4.69, 9.17) is 10.5 Å². The highest BCUT2D eigenvalue weighted by Crippen LogP contribution is 2.42. The largest absolute Gasteiger partial charge is 0.497 e. The first-order valence-electron chi connectivity index (χ1n) is 5.84. The molecule has 1 atom stereocenters. The van der Waals surface area contributed by atoms with Crippen LogP contribution >= 0.6 is 15.9 Å². The van der Waals surface area contributed by atoms with Crippen molar-refractivity contribution < 1.29 is 9.84 Å². The van der Waals surface area contributed by atoms with E-state index >= 15 is 0 Å². The first-order chi connectivity index (χ1) is 8.09. The molecule has 0 heterocycles. The minimum Gasteiger partial charge on any atom is -0.497 e. The monoisotopic (exact) mass is 299 g/mol. The SMILES string of the molecule is COc1ccc(Br)c(CC(O)(CN)C2CC2)c1. The zero-order valence-electron chi connectivity index (χ0n) is 9.95. The second kappa shape index (κ2) is 4.96. The van der Waals surface area contributed by atoms with Gasteiger partial charge in [-0.3, -0.25) is 0 Å². The summed E-state index contributed by atoms with van der Waals surface area (Å²) < 4.78 is 6.19. The molecule has 0 aromatic heterocycles. The Balaban J connectivity index is 2.21. The van der Waals surface area contributed by atoms with E-state index in [9.17, 15) is 5.11 Å². The number of methoxy groups -OCH3 is 1. The Labute approximate surface area is 110 Å². The van der Waals surface area contributed by atoms with Crippen LogP contribution in [0.15, 0.2) is 22.7 Å². The quantitative estimate of drug-likeness (QED) is 0.875. The van der Waals surface area contributed by atoms with Gasteiger partial charge in [0, 0.05) is 17.4 Å². The van der Waals surface area contributed by atoms with E-state index in [1.165, 1.54) is 0 Å². The van der Waals surface area contributed by atoms with Crippen LogP contribution < -0.4 is 10.5 Å². The summed E-state index contributed by atoms with van der Waals surface area (Å²) in [6, 6.07) is 5.79. The van der Waals surface area contributed by atoms with E-state index in [-0.39, 0.29) is 0 Å². The van der Waals surface area contributed by atoms with E-state index in [0.717, 1.165) is 28.6 Å². The van der Waals surface area contributed by atoms with Crippen LogP contribution in [0.3, 0.4) is 0 Å². The van der Waals surface area contributed by atoms with Crippen molar-refractivity contribution in [2.24, 2.45) is 11.7 Å². The average molecular weight is 300 g/mol. The number of halogens is 1. The lowest BCUT2D eigenvalue weighted by Gasteiger charge is -2.27. The lowest BCUT2D eigenvalue weighted by atomic mass is 9.90. The fourth-order valence-corrected chi connectivity index (χ4v) is 2.53. The van der Waals surface area contributed by atoms with Gasteiger partial charge in [0.15, 0.2) is 0 Å². The summed E-state index contributed by atoms with van der Waals surface area (Å²) in [6.45, 7) is 0.307. The van der Waals surface area contributed by atoms with Gasteiger partial charge in [-0.25, -0.2) is 0 Å². The van der Waals surface area contributed by atoms with Crippen LogP contribution in [-0.2, 0) is 6.42 Å². The molecular weight excluding hydrogens is 282 g/mol. The molecule has 1 saturated carbocycles. The second-order valence-corrected chi connectivity index (χ2v) is 5.57. The minimum atomic E-state index is -0.769. The number of rotatable bonds is 5. The lowest BCUT2D eigenvalue weighted by molar-refractivity contribution is 0.0265. The van der Waals surface area contributed by atoms with Crippen molar-refractivity contribution in [3.05, 3.63) is 28.2 Å². The van der Waals surface area contributed by atoms with Crippen LogP contribution in [-0.4, -0.2) is 24.4 Å². The van der Waals surface area contributed by atoms with Gasteiger partial charge in [0.25, 0.3) is 0 Å². The minimum absolute atomic E-state index is 0.307. The van der Waals surface area contributed by atoms with E-state index < -0.39 is 5.60 Å². The van der Waals surface area contributed by atoms with Crippen molar-refractivity contribution in [2.45, 2.75) is 24.9 Å². The average Bonchev–Trinajstić information content (AvgIpc) is 3.16. The van der Waals surface area contributed by atoms with Crippen LogP contribution in [0, 0.1) is 5.92 Å². The first kappa shape index (κ1) is 12.9. The molecule has 0 amide bonds. The summed E-state index contributed by atoms with van der Waals surface area (Å²) in [6.07, 6.45) is 2.73. The van der Waals surface area contributed by atoms with Crippen molar-refractivity contribution >= 4 is 15.9 Å². The van der Waals surface area contributed by atoms with Crippen molar-refractivity contribution in [2.75, 3.05) is 13.7 Å². The van der Waals surface area contributed by atoms with Gasteiger partial charge in [0.05, 0.1) is 12.7 Å². The molecule has 17 heavy (non-hydrogen) atoms. The Morgan fingerprint density at radius 2 is 2.24 bits per heavy atom. The van der Waals surface area contributed by atoms with Gasteiger partial charge in [-0.15, -0.1) is 0 Å². The zero-order valence-corrected chi connectivity index (χ0v) is 11.5. The number of nitrogens with two attached hydrogens (primary N) is 1. The summed E-state index contributed by atoms with van der Waals surface area (Å²) in [5.41, 5.74) is 6.00. The van der Waals surface area contributed by atoms with Crippen LogP contribution in [0.1, 0.15) is 18.4 Å². The Hall–Kier alpha value is -0.580. The van der Waals surface area contributed by atoms with E-state index in [0.29, 0.717) is 18.9 Å². The Bertz CT molecular complexity index is 406. The predicted molar refractivity (Wildman–Crippen MR) is 71.1 cm³/mol. The van der Waals surface area contributed by atoms with Crippen molar-refractivity contribution in [3.8, 4) is 5.75 Å². The number of aliphatic hydroxyl groups is 1. The van der Waals surface area contributed by atoms with Gasteiger partial charge in [0.1, 0.15) is 5.75 Å². The molecule has 0 aliphatic heterocycles. The molecule has 3 nitrogen and oxygen atoms in total. The fourth-order valence-electron chi connectivity index (χ4n) is 2.15. The molecule has 1 aromatic carbocycles. The molecule has 1 aliphatic rings. The smallest absolute Gasteiger partial charge is 0.119 e. The molecule has 1 aromatic rings. The van der Waals surface area contributed by atoms with Crippen LogP contribution in [0.2, 0.25) is 0 Å². The van der Waals surface area contributed by atoms with Gasteiger partial charge in [-0.05, 0) is 42.5 Å². The van der Waals surface area contributed by atoms with Gasteiger partial charge < -0.3 is 15.6 Å². The van der Waals surface area contributed by atoms with Gasteiger partial charge >= 0.3 is 0 Å². The zero-order chi connectivity index (χ0) is 12.5. The van der Waals surface area contributed by atoms with Gasteiger partial charge in [-0.2, -0.15) is 0 Å². The number of hydrogen-bond donors (Lipinski definition) is 2. The van der Waals surface area contributed by atoms with Crippen molar-refractivity contribution in [1.82, 2.24) is 0 Å². The molecule has 94 valence electrons. The summed E-state index contributed by atoms with van der Waals surface area (Å²) in [4.78, 5) is 0. The third kappa shape index (κ3) is 2.81. The maximum atomic E-state index is 10.5. The third-order valence-corrected chi connectivity index (χ3v) is 4.21. The first-order valence-corrected chi connectivity index (χ1v) is 6.63. The van der Waals surface area contributed by atoms with Crippen LogP contribution in [0.25, 0.3) is 0 Å². The molecule has 1 fully saturated rings. The number of ether oxygens (including phenoxy) is 1. The molecule has 0 spiro atoms. The topological polar surface area (TPSA) is 55.5 Å². The lowest BCUT2D eigenvalue weighted by Crippen LogP contribution is -2.42. The Morgan fingerprint density at radius 1 is 1.53 bits per heavy atom. The molecule has 2 rings (SSSR count). The fraction of sp³-hybridized carbons (Fsp3) is 0.538. The van der Waals surface area contributed by atoms with Gasteiger partial charge in [0.2, 0.25) is 0 Å².